The number of hydrogen-bond acceptors (Lipinski definition) is 3. The third-order valence-corrected chi connectivity index (χ3v) is 6.29. The summed E-state index contributed by atoms with van der Waals surface area (Å²) in [4.78, 5) is 0. The standard InChI is InChI=1S/C25H35NO3/c1-19(2)24-17-25(14-16-29-24,22-7-5-6-8-23(22)28-4)13-15-26-18-20-9-11-21(27-3)12-10-20/h5-12,19,24,26H,13-18H2,1-4H3/p+1/t24-,25+/m0/s1. The fourth-order valence-corrected chi connectivity index (χ4v) is 4.48. The SMILES string of the molecule is COc1ccc(C[NH2+]CC[C@@]2(c3ccccc3OC)CCO[C@H](C(C)C)C2)cc1. The molecular formula is C25H36NO3+. The monoisotopic (exact) mass is 398 g/mol. The molecule has 0 aliphatic carbocycles. The van der Waals surface area contributed by atoms with Crippen molar-refractivity contribution >= 4 is 0 Å². The van der Waals surface area contributed by atoms with E-state index in [1.807, 2.05) is 12.1 Å². The Bertz CT molecular complexity index is 759. The summed E-state index contributed by atoms with van der Waals surface area (Å²) in [5, 5.41) is 2.42. The molecule has 2 N–H and O–H groups in total. The molecule has 1 heterocycles. The Morgan fingerprint density at radius 2 is 1.83 bits per heavy atom. The Labute approximate surface area is 175 Å². The third-order valence-electron chi connectivity index (χ3n) is 6.29. The molecule has 3 rings (SSSR count). The molecule has 0 bridgehead atoms. The molecule has 0 aromatic heterocycles. The van der Waals surface area contributed by atoms with E-state index in [4.69, 9.17) is 14.2 Å². The van der Waals surface area contributed by atoms with Crippen molar-refractivity contribution in [2.24, 2.45) is 5.92 Å². The molecule has 1 aliphatic rings. The average Bonchev–Trinajstić information content (AvgIpc) is 2.77. The van der Waals surface area contributed by atoms with Crippen LogP contribution < -0.4 is 14.8 Å². The van der Waals surface area contributed by atoms with Crippen molar-refractivity contribution in [1.82, 2.24) is 0 Å². The van der Waals surface area contributed by atoms with Crippen LogP contribution in [0.2, 0.25) is 0 Å². The van der Waals surface area contributed by atoms with Crippen LogP contribution in [0.15, 0.2) is 48.5 Å². The number of ether oxygens (including phenoxy) is 3. The highest BCUT2D eigenvalue weighted by Gasteiger charge is 2.41. The zero-order valence-electron chi connectivity index (χ0n) is 18.3. The maximum Gasteiger partial charge on any atom is 0.122 e. The summed E-state index contributed by atoms with van der Waals surface area (Å²) < 4.78 is 17.1. The zero-order valence-corrected chi connectivity index (χ0v) is 18.3. The van der Waals surface area contributed by atoms with E-state index in [0.717, 1.165) is 50.5 Å². The molecule has 2 aromatic rings. The van der Waals surface area contributed by atoms with Gasteiger partial charge in [-0.15, -0.1) is 0 Å². The summed E-state index contributed by atoms with van der Waals surface area (Å²) in [6, 6.07) is 16.9. The molecule has 0 unspecified atom stereocenters. The molecule has 4 heteroatoms. The second kappa shape index (κ2) is 10.1. The van der Waals surface area contributed by atoms with E-state index < -0.39 is 0 Å². The van der Waals surface area contributed by atoms with E-state index >= 15 is 0 Å². The maximum atomic E-state index is 6.12. The van der Waals surface area contributed by atoms with Crippen molar-refractivity contribution < 1.29 is 19.5 Å². The summed E-state index contributed by atoms with van der Waals surface area (Å²) >= 11 is 0. The molecule has 1 fully saturated rings. The lowest BCUT2D eigenvalue weighted by Gasteiger charge is -2.43. The number of hydrogen-bond donors (Lipinski definition) is 1. The first-order chi connectivity index (χ1) is 14.1. The van der Waals surface area contributed by atoms with Crippen molar-refractivity contribution in [3.05, 3.63) is 59.7 Å². The van der Waals surface area contributed by atoms with Gasteiger partial charge in [-0.25, -0.2) is 0 Å². The smallest absolute Gasteiger partial charge is 0.122 e. The summed E-state index contributed by atoms with van der Waals surface area (Å²) in [5.74, 6) is 2.44. The number of quaternary nitrogens is 1. The van der Waals surface area contributed by atoms with Crippen LogP contribution in [0, 0.1) is 5.92 Å². The van der Waals surface area contributed by atoms with Gasteiger partial charge >= 0.3 is 0 Å². The minimum Gasteiger partial charge on any atom is -0.497 e. The largest absolute Gasteiger partial charge is 0.497 e. The Hall–Kier alpha value is -2.04. The highest BCUT2D eigenvalue weighted by molar-refractivity contribution is 5.40. The molecule has 158 valence electrons. The minimum absolute atomic E-state index is 0.107. The molecule has 4 nitrogen and oxygen atoms in total. The van der Waals surface area contributed by atoms with Crippen LogP contribution in [0.1, 0.15) is 44.2 Å². The minimum atomic E-state index is 0.107. The summed E-state index contributed by atoms with van der Waals surface area (Å²) in [6.45, 7) is 7.40. The van der Waals surface area contributed by atoms with Crippen molar-refractivity contribution in [1.29, 1.82) is 0 Å². The molecule has 29 heavy (non-hydrogen) atoms. The molecule has 0 amide bonds. The van der Waals surface area contributed by atoms with Gasteiger partial charge in [0, 0.05) is 29.6 Å². The van der Waals surface area contributed by atoms with Crippen LogP contribution in [0.4, 0.5) is 0 Å². The van der Waals surface area contributed by atoms with Gasteiger partial charge in [0.15, 0.2) is 0 Å². The third kappa shape index (κ3) is 5.31. The van der Waals surface area contributed by atoms with Gasteiger partial charge in [0.05, 0.1) is 26.9 Å². The number of methoxy groups -OCH3 is 2. The second-order valence-electron chi connectivity index (χ2n) is 8.47. The Morgan fingerprint density at radius 3 is 2.52 bits per heavy atom. The van der Waals surface area contributed by atoms with E-state index in [1.54, 1.807) is 14.2 Å². The van der Waals surface area contributed by atoms with Gasteiger partial charge in [-0.2, -0.15) is 0 Å². The van der Waals surface area contributed by atoms with E-state index in [9.17, 15) is 0 Å². The number of para-hydroxylation sites is 1. The van der Waals surface area contributed by atoms with Gasteiger partial charge in [0.2, 0.25) is 0 Å². The van der Waals surface area contributed by atoms with Crippen LogP contribution in [0.25, 0.3) is 0 Å². The topological polar surface area (TPSA) is 44.3 Å². The number of nitrogens with two attached hydrogens (primary N) is 1. The van der Waals surface area contributed by atoms with Gasteiger partial charge in [-0.1, -0.05) is 32.0 Å². The molecular weight excluding hydrogens is 362 g/mol. The van der Waals surface area contributed by atoms with Gasteiger partial charge in [-0.3, -0.25) is 0 Å². The highest BCUT2D eigenvalue weighted by atomic mass is 16.5. The van der Waals surface area contributed by atoms with Crippen LogP contribution in [0.3, 0.4) is 0 Å². The quantitative estimate of drug-likeness (QED) is 0.651. The fraction of sp³-hybridized carbons (Fsp3) is 0.520. The van der Waals surface area contributed by atoms with Gasteiger partial charge < -0.3 is 19.5 Å². The van der Waals surface area contributed by atoms with E-state index in [-0.39, 0.29) is 5.41 Å². The van der Waals surface area contributed by atoms with Gasteiger partial charge in [0.1, 0.15) is 18.0 Å². The van der Waals surface area contributed by atoms with Crippen molar-refractivity contribution in [2.45, 2.75) is 51.2 Å². The first-order valence-corrected chi connectivity index (χ1v) is 10.8. The van der Waals surface area contributed by atoms with E-state index in [1.165, 1.54) is 11.1 Å². The molecule has 0 saturated carbocycles. The van der Waals surface area contributed by atoms with Crippen LogP contribution in [-0.4, -0.2) is 33.5 Å². The van der Waals surface area contributed by atoms with Gasteiger partial charge in [-0.05, 0) is 49.1 Å². The van der Waals surface area contributed by atoms with Crippen molar-refractivity contribution in [3.63, 3.8) is 0 Å². The molecule has 2 atom stereocenters. The molecule has 0 spiro atoms. The molecule has 1 aliphatic heterocycles. The average molecular weight is 399 g/mol. The lowest BCUT2D eigenvalue weighted by molar-refractivity contribution is -0.671. The second-order valence-corrected chi connectivity index (χ2v) is 8.47. The van der Waals surface area contributed by atoms with E-state index in [0.29, 0.717) is 12.0 Å². The van der Waals surface area contributed by atoms with Crippen molar-refractivity contribution in [2.75, 3.05) is 27.4 Å². The summed E-state index contributed by atoms with van der Waals surface area (Å²) in [6.07, 6.45) is 3.53. The first-order valence-electron chi connectivity index (χ1n) is 10.8. The highest BCUT2D eigenvalue weighted by Crippen LogP contribution is 2.44. The maximum absolute atomic E-state index is 6.12. The van der Waals surface area contributed by atoms with Crippen molar-refractivity contribution in [3.8, 4) is 11.5 Å². The molecule has 0 radical (unpaired) electrons. The zero-order chi connectivity index (χ0) is 20.7. The predicted octanol–water partition coefficient (Wildman–Crippen LogP) is 3.93. The van der Waals surface area contributed by atoms with Gasteiger partial charge in [0.25, 0.3) is 0 Å². The Morgan fingerprint density at radius 1 is 1.07 bits per heavy atom. The summed E-state index contributed by atoms with van der Waals surface area (Å²) in [5.41, 5.74) is 2.77. The van der Waals surface area contributed by atoms with Crippen LogP contribution in [-0.2, 0) is 16.7 Å². The molecule has 1 saturated heterocycles. The van der Waals surface area contributed by atoms with E-state index in [2.05, 4.69) is 55.6 Å². The predicted molar refractivity (Wildman–Crippen MR) is 117 cm³/mol. The normalized spacial score (nSPS) is 21.9. The summed E-state index contributed by atoms with van der Waals surface area (Å²) in [7, 11) is 3.48. The number of benzene rings is 2. The van der Waals surface area contributed by atoms with Crippen LogP contribution in [0.5, 0.6) is 11.5 Å². The lowest BCUT2D eigenvalue weighted by Crippen LogP contribution is -2.83. The lowest BCUT2D eigenvalue weighted by atomic mass is 9.68. The van der Waals surface area contributed by atoms with Crippen LogP contribution >= 0.6 is 0 Å². The molecule has 2 aromatic carbocycles. The Balaban J connectivity index is 1.71. The fourth-order valence-electron chi connectivity index (χ4n) is 4.48. The first kappa shape index (κ1) is 21.7. The number of rotatable bonds is 9. The Kier molecular flexibility index (Phi) is 7.57.